The van der Waals surface area contributed by atoms with Crippen LogP contribution in [0.25, 0.3) is 11.1 Å². The van der Waals surface area contributed by atoms with Crippen LogP contribution < -0.4 is 4.74 Å². The van der Waals surface area contributed by atoms with Crippen molar-refractivity contribution >= 4 is 0 Å². The number of ether oxygens (including phenoxy) is 1. The van der Waals surface area contributed by atoms with Crippen LogP contribution in [-0.4, -0.2) is 9.97 Å². The van der Waals surface area contributed by atoms with Crippen molar-refractivity contribution in [2.75, 3.05) is 0 Å². The third-order valence-corrected chi connectivity index (χ3v) is 4.84. The van der Waals surface area contributed by atoms with Crippen molar-refractivity contribution < 1.29 is 17.9 Å². The summed E-state index contributed by atoms with van der Waals surface area (Å²) in [5, 5.41) is 0. The summed E-state index contributed by atoms with van der Waals surface area (Å²) < 4.78 is 43.9. The van der Waals surface area contributed by atoms with Crippen molar-refractivity contribution in [3.63, 3.8) is 0 Å². The molecule has 3 nitrogen and oxygen atoms in total. The minimum absolute atomic E-state index is 0.211. The summed E-state index contributed by atoms with van der Waals surface area (Å²) in [7, 11) is 0. The molecule has 144 valence electrons. The second-order valence-corrected chi connectivity index (χ2v) is 6.97. The average Bonchev–Trinajstić information content (AvgIpc) is 3.51. The Hall–Kier alpha value is -2.89. The van der Waals surface area contributed by atoms with Crippen LogP contribution in [0, 0.1) is 5.92 Å². The standard InChI is InChI=1S/C22H19F3N2O/c23-22(24,25)20-12-11-17(14-27-20)28-21-19(6-3-13-26-21)18-5-2-1-4-16(18)10-9-15-7-8-15/h1-6,11-15H,7-10H2. The fourth-order valence-electron chi connectivity index (χ4n) is 3.16. The van der Waals surface area contributed by atoms with Gasteiger partial charge in [-0.05, 0) is 54.2 Å². The van der Waals surface area contributed by atoms with Crippen molar-refractivity contribution in [3.8, 4) is 22.8 Å². The first-order valence-corrected chi connectivity index (χ1v) is 9.25. The highest BCUT2D eigenvalue weighted by molar-refractivity contribution is 5.72. The molecule has 2 heterocycles. The first-order chi connectivity index (χ1) is 13.5. The monoisotopic (exact) mass is 384 g/mol. The molecule has 2 aromatic heterocycles. The number of benzene rings is 1. The van der Waals surface area contributed by atoms with Crippen LogP contribution >= 0.6 is 0 Å². The number of hydrogen-bond donors (Lipinski definition) is 0. The number of rotatable bonds is 6. The second-order valence-electron chi connectivity index (χ2n) is 6.97. The van der Waals surface area contributed by atoms with E-state index in [1.165, 1.54) is 24.5 Å². The third-order valence-electron chi connectivity index (χ3n) is 4.84. The van der Waals surface area contributed by atoms with Crippen LogP contribution in [0.3, 0.4) is 0 Å². The number of alkyl halides is 3. The summed E-state index contributed by atoms with van der Waals surface area (Å²) in [6, 6.07) is 14.0. The summed E-state index contributed by atoms with van der Waals surface area (Å²) in [6.07, 6.45) is 2.96. The van der Waals surface area contributed by atoms with E-state index in [9.17, 15) is 13.2 Å². The molecule has 0 bridgehead atoms. The highest BCUT2D eigenvalue weighted by Gasteiger charge is 2.32. The molecule has 0 unspecified atom stereocenters. The third kappa shape index (κ3) is 4.32. The Kier molecular flexibility index (Phi) is 5.03. The first-order valence-electron chi connectivity index (χ1n) is 9.25. The first kappa shape index (κ1) is 18.5. The van der Waals surface area contributed by atoms with E-state index >= 15 is 0 Å². The summed E-state index contributed by atoms with van der Waals surface area (Å²) in [5.74, 6) is 1.39. The van der Waals surface area contributed by atoms with E-state index in [1.807, 2.05) is 30.3 Å². The number of pyridine rings is 2. The van der Waals surface area contributed by atoms with Crippen molar-refractivity contribution in [1.29, 1.82) is 0 Å². The van der Waals surface area contributed by atoms with Crippen LogP contribution in [0.15, 0.2) is 60.9 Å². The van der Waals surface area contributed by atoms with E-state index in [1.54, 1.807) is 6.20 Å². The van der Waals surface area contributed by atoms with E-state index in [4.69, 9.17) is 4.74 Å². The lowest BCUT2D eigenvalue weighted by Crippen LogP contribution is -2.07. The van der Waals surface area contributed by atoms with Crippen molar-refractivity contribution in [2.24, 2.45) is 5.92 Å². The molecule has 0 radical (unpaired) electrons. The number of aryl methyl sites for hydroxylation is 1. The molecular weight excluding hydrogens is 365 g/mol. The molecule has 1 aromatic carbocycles. The Morgan fingerprint density at radius 3 is 2.43 bits per heavy atom. The number of aromatic nitrogens is 2. The largest absolute Gasteiger partial charge is 0.437 e. The van der Waals surface area contributed by atoms with Gasteiger partial charge in [0.15, 0.2) is 0 Å². The summed E-state index contributed by atoms with van der Waals surface area (Å²) in [6.45, 7) is 0. The zero-order chi connectivity index (χ0) is 19.6. The molecule has 0 atom stereocenters. The van der Waals surface area contributed by atoms with E-state index in [2.05, 4.69) is 16.0 Å². The Morgan fingerprint density at radius 1 is 0.929 bits per heavy atom. The van der Waals surface area contributed by atoms with Gasteiger partial charge in [0.05, 0.1) is 6.20 Å². The minimum atomic E-state index is -4.48. The van der Waals surface area contributed by atoms with Crippen molar-refractivity contribution in [1.82, 2.24) is 9.97 Å². The molecule has 1 aliphatic rings. The minimum Gasteiger partial charge on any atom is -0.437 e. The molecule has 0 N–H and O–H groups in total. The average molecular weight is 384 g/mol. The molecule has 3 aromatic rings. The summed E-state index contributed by atoms with van der Waals surface area (Å²) in [5.41, 5.74) is 2.12. The molecule has 4 rings (SSSR count). The van der Waals surface area contributed by atoms with Gasteiger partial charge >= 0.3 is 6.18 Å². The lowest BCUT2D eigenvalue weighted by Gasteiger charge is -2.14. The van der Waals surface area contributed by atoms with Gasteiger partial charge in [-0.25, -0.2) is 9.97 Å². The molecule has 0 amide bonds. The maximum Gasteiger partial charge on any atom is 0.433 e. The highest BCUT2D eigenvalue weighted by atomic mass is 19.4. The van der Waals surface area contributed by atoms with Gasteiger partial charge < -0.3 is 4.74 Å². The Morgan fingerprint density at radius 2 is 1.71 bits per heavy atom. The predicted octanol–water partition coefficient (Wildman–Crippen LogP) is 6.30. The number of hydrogen-bond acceptors (Lipinski definition) is 3. The van der Waals surface area contributed by atoms with Crippen LogP contribution in [0.1, 0.15) is 30.5 Å². The zero-order valence-electron chi connectivity index (χ0n) is 15.1. The number of nitrogens with zero attached hydrogens (tertiary/aromatic N) is 2. The second kappa shape index (κ2) is 7.62. The van der Waals surface area contributed by atoms with Crippen LogP contribution in [0.5, 0.6) is 11.6 Å². The molecule has 6 heteroatoms. The van der Waals surface area contributed by atoms with Gasteiger partial charge in [0.1, 0.15) is 11.4 Å². The smallest absolute Gasteiger partial charge is 0.433 e. The summed E-state index contributed by atoms with van der Waals surface area (Å²) >= 11 is 0. The van der Waals surface area contributed by atoms with Crippen molar-refractivity contribution in [3.05, 3.63) is 72.2 Å². The molecule has 1 aliphatic carbocycles. The topological polar surface area (TPSA) is 35.0 Å². The molecular formula is C22H19F3N2O. The molecule has 1 fully saturated rings. The lowest BCUT2D eigenvalue weighted by molar-refractivity contribution is -0.141. The Labute approximate surface area is 161 Å². The fraction of sp³-hybridized carbons (Fsp3) is 0.273. The highest BCUT2D eigenvalue weighted by Crippen LogP contribution is 2.37. The SMILES string of the molecule is FC(F)(F)c1ccc(Oc2ncccc2-c2ccccc2CCC2CC2)cn1. The van der Waals surface area contributed by atoms with E-state index in [0.29, 0.717) is 5.88 Å². The van der Waals surface area contributed by atoms with Gasteiger partial charge in [-0.3, -0.25) is 0 Å². The van der Waals surface area contributed by atoms with Gasteiger partial charge in [0.2, 0.25) is 5.88 Å². The van der Waals surface area contributed by atoms with Gasteiger partial charge in [-0.2, -0.15) is 13.2 Å². The predicted molar refractivity (Wildman–Crippen MR) is 100 cm³/mol. The van der Waals surface area contributed by atoms with Gasteiger partial charge in [0.25, 0.3) is 0 Å². The maximum absolute atomic E-state index is 12.7. The van der Waals surface area contributed by atoms with Crippen LogP contribution in [-0.2, 0) is 12.6 Å². The van der Waals surface area contributed by atoms with Gasteiger partial charge in [-0.15, -0.1) is 0 Å². The number of halogens is 3. The molecule has 28 heavy (non-hydrogen) atoms. The van der Waals surface area contributed by atoms with E-state index in [-0.39, 0.29) is 5.75 Å². The van der Waals surface area contributed by atoms with E-state index < -0.39 is 11.9 Å². The quantitative estimate of drug-likeness (QED) is 0.500. The Bertz CT molecular complexity index is 950. The summed E-state index contributed by atoms with van der Waals surface area (Å²) in [4.78, 5) is 7.74. The normalized spacial score (nSPS) is 14.1. The Balaban J connectivity index is 1.61. The van der Waals surface area contributed by atoms with Gasteiger partial charge in [-0.1, -0.05) is 37.1 Å². The van der Waals surface area contributed by atoms with Crippen molar-refractivity contribution in [2.45, 2.75) is 31.9 Å². The molecule has 1 saturated carbocycles. The van der Waals surface area contributed by atoms with Gasteiger partial charge in [0, 0.05) is 11.8 Å². The molecule has 0 spiro atoms. The molecule has 0 saturated heterocycles. The zero-order valence-corrected chi connectivity index (χ0v) is 15.1. The molecule has 0 aliphatic heterocycles. The fourth-order valence-corrected chi connectivity index (χ4v) is 3.16. The lowest BCUT2D eigenvalue weighted by atomic mass is 9.96. The van der Waals surface area contributed by atoms with Crippen LogP contribution in [0.2, 0.25) is 0 Å². The van der Waals surface area contributed by atoms with E-state index in [0.717, 1.165) is 42.1 Å². The van der Waals surface area contributed by atoms with Crippen LogP contribution in [0.4, 0.5) is 13.2 Å². The maximum atomic E-state index is 12.7.